The lowest BCUT2D eigenvalue weighted by Crippen LogP contribution is -2.29. The van der Waals surface area contributed by atoms with Gasteiger partial charge in [0.1, 0.15) is 0 Å². The molecule has 1 rings (SSSR count). The fourth-order valence-electron chi connectivity index (χ4n) is 2.23. The van der Waals surface area contributed by atoms with Crippen LogP contribution >= 0.6 is 0 Å². The summed E-state index contributed by atoms with van der Waals surface area (Å²) in [4.78, 5) is 24.2. The SMILES string of the molecule is COC(C)CCC(=O)N1CCC(CCC(=O)O)C1. The van der Waals surface area contributed by atoms with Crippen molar-refractivity contribution < 1.29 is 19.4 Å². The van der Waals surface area contributed by atoms with Gasteiger partial charge in [-0.25, -0.2) is 0 Å². The normalized spacial score (nSPS) is 21.0. The van der Waals surface area contributed by atoms with Crippen molar-refractivity contribution in [3.63, 3.8) is 0 Å². The standard InChI is InChI=1S/C13H23NO4/c1-10(18-2)3-5-12(15)14-8-7-11(9-14)4-6-13(16)17/h10-11H,3-9H2,1-2H3,(H,16,17). The molecule has 1 saturated heterocycles. The van der Waals surface area contributed by atoms with E-state index in [-0.39, 0.29) is 18.4 Å². The van der Waals surface area contributed by atoms with Crippen molar-refractivity contribution in [2.45, 2.75) is 45.1 Å². The van der Waals surface area contributed by atoms with Gasteiger partial charge < -0.3 is 14.7 Å². The van der Waals surface area contributed by atoms with Crippen molar-refractivity contribution in [3.05, 3.63) is 0 Å². The molecule has 18 heavy (non-hydrogen) atoms. The molecule has 1 N–H and O–H groups in total. The van der Waals surface area contributed by atoms with Crippen LogP contribution < -0.4 is 0 Å². The Kier molecular flexibility index (Phi) is 6.12. The second kappa shape index (κ2) is 7.36. The number of nitrogens with zero attached hydrogens (tertiary/aromatic N) is 1. The molecule has 0 bridgehead atoms. The lowest BCUT2D eigenvalue weighted by atomic mass is 10.0. The van der Waals surface area contributed by atoms with Gasteiger partial charge in [0.15, 0.2) is 0 Å². The number of carbonyl (C=O) groups excluding carboxylic acids is 1. The molecule has 1 heterocycles. The van der Waals surface area contributed by atoms with Crippen molar-refractivity contribution >= 4 is 11.9 Å². The van der Waals surface area contributed by atoms with E-state index in [1.807, 2.05) is 11.8 Å². The summed E-state index contributed by atoms with van der Waals surface area (Å²) >= 11 is 0. The predicted octanol–water partition coefficient (Wildman–Crippen LogP) is 1.51. The Morgan fingerprint density at radius 1 is 1.44 bits per heavy atom. The average molecular weight is 257 g/mol. The quantitative estimate of drug-likeness (QED) is 0.751. The molecule has 2 atom stereocenters. The van der Waals surface area contributed by atoms with E-state index in [0.29, 0.717) is 25.3 Å². The van der Waals surface area contributed by atoms with Gasteiger partial charge in [0.05, 0.1) is 6.10 Å². The number of ether oxygens (including phenoxy) is 1. The van der Waals surface area contributed by atoms with E-state index in [4.69, 9.17) is 9.84 Å². The molecule has 1 amide bonds. The number of aliphatic carboxylic acids is 1. The number of hydrogen-bond acceptors (Lipinski definition) is 3. The number of carboxylic acid groups (broad SMARTS) is 1. The van der Waals surface area contributed by atoms with Crippen LogP contribution in [-0.4, -0.2) is 48.2 Å². The van der Waals surface area contributed by atoms with E-state index in [1.54, 1.807) is 7.11 Å². The molecule has 1 aliphatic heterocycles. The van der Waals surface area contributed by atoms with Crippen LogP contribution in [0.5, 0.6) is 0 Å². The first kappa shape index (κ1) is 15.0. The van der Waals surface area contributed by atoms with E-state index in [9.17, 15) is 9.59 Å². The van der Waals surface area contributed by atoms with E-state index < -0.39 is 5.97 Å². The van der Waals surface area contributed by atoms with Gasteiger partial charge >= 0.3 is 5.97 Å². The molecule has 0 aromatic rings. The van der Waals surface area contributed by atoms with Crippen LogP contribution in [-0.2, 0) is 14.3 Å². The van der Waals surface area contributed by atoms with Crippen molar-refractivity contribution in [2.75, 3.05) is 20.2 Å². The van der Waals surface area contributed by atoms with Crippen LogP contribution in [0.2, 0.25) is 0 Å². The highest BCUT2D eigenvalue weighted by Crippen LogP contribution is 2.22. The molecule has 0 radical (unpaired) electrons. The van der Waals surface area contributed by atoms with Gasteiger partial charge in [0.2, 0.25) is 5.91 Å². The second-order valence-electron chi connectivity index (χ2n) is 5.01. The van der Waals surface area contributed by atoms with E-state index in [0.717, 1.165) is 19.4 Å². The second-order valence-corrected chi connectivity index (χ2v) is 5.01. The van der Waals surface area contributed by atoms with Crippen molar-refractivity contribution in [1.29, 1.82) is 0 Å². The zero-order valence-corrected chi connectivity index (χ0v) is 11.2. The highest BCUT2D eigenvalue weighted by atomic mass is 16.5. The molecule has 0 aromatic carbocycles. The van der Waals surface area contributed by atoms with Crippen molar-refractivity contribution in [1.82, 2.24) is 4.90 Å². The summed E-state index contributed by atoms with van der Waals surface area (Å²) in [6.45, 7) is 3.44. The minimum absolute atomic E-state index is 0.111. The highest BCUT2D eigenvalue weighted by Gasteiger charge is 2.26. The third-order valence-corrected chi connectivity index (χ3v) is 3.57. The Bertz CT molecular complexity index is 293. The molecular formula is C13H23NO4. The first-order valence-corrected chi connectivity index (χ1v) is 6.55. The molecule has 0 aromatic heterocycles. The molecule has 2 unspecified atom stereocenters. The van der Waals surface area contributed by atoms with Gasteiger partial charge in [0.25, 0.3) is 0 Å². The molecule has 0 spiro atoms. The van der Waals surface area contributed by atoms with E-state index >= 15 is 0 Å². The van der Waals surface area contributed by atoms with Crippen molar-refractivity contribution in [3.8, 4) is 0 Å². The van der Waals surface area contributed by atoms with Crippen LogP contribution in [0, 0.1) is 5.92 Å². The predicted molar refractivity (Wildman–Crippen MR) is 67.3 cm³/mol. The third kappa shape index (κ3) is 5.04. The van der Waals surface area contributed by atoms with Gasteiger partial charge in [-0.1, -0.05) is 0 Å². The average Bonchev–Trinajstić information content (AvgIpc) is 2.81. The zero-order chi connectivity index (χ0) is 13.5. The highest BCUT2D eigenvalue weighted by molar-refractivity contribution is 5.76. The van der Waals surface area contributed by atoms with Crippen LogP contribution in [0.4, 0.5) is 0 Å². The number of amides is 1. The van der Waals surface area contributed by atoms with E-state index in [1.165, 1.54) is 0 Å². The minimum atomic E-state index is -0.756. The van der Waals surface area contributed by atoms with Gasteiger partial charge in [-0.3, -0.25) is 9.59 Å². The fraction of sp³-hybridized carbons (Fsp3) is 0.846. The zero-order valence-electron chi connectivity index (χ0n) is 11.2. The number of carbonyl (C=O) groups is 2. The molecule has 104 valence electrons. The van der Waals surface area contributed by atoms with Gasteiger partial charge in [0, 0.05) is 33.0 Å². The summed E-state index contributed by atoms with van der Waals surface area (Å²) in [5.41, 5.74) is 0. The first-order chi connectivity index (χ1) is 8.52. The molecule has 1 fully saturated rings. The summed E-state index contributed by atoms with van der Waals surface area (Å²) in [5, 5.41) is 8.63. The lowest BCUT2D eigenvalue weighted by molar-refractivity contribution is -0.137. The maximum atomic E-state index is 11.9. The maximum absolute atomic E-state index is 11.9. The summed E-state index contributed by atoms with van der Waals surface area (Å²) in [5.74, 6) is -0.240. The first-order valence-electron chi connectivity index (χ1n) is 6.55. The summed E-state index contributed by atoms with van der Waals surface area (Å²) in [6.07, 6.45) is 3.17. The molecule has 1 aliphatic rings. The molecule has 0 aliphatic carbocycles. The smallest absolute Gasteiger partial charge is 0.303 e. The summed E-state index contributed by atoms with van der Waals surface area (Å²) < 4.78 is 5.11. The van der Waals surface area contributed by atoms with Crippen LogP contribution in [0.25, 0.3) is 0 Å². The molecular weight excluding hydrogens is 234 g/mol. The Labute approximate surface area is 108 Å². The van der Waals surface area contributed by atoms with Crippen LogP contribution in [0.15, 0.2) is 0 Å². The number of likely N-dealkylation sites (tertiary alicyclic amines) is 1. The number of methoxy groups -OCH3 is 1. The lowest BCUT2D eigenvalue weighted by Gasteiger charge is -2.17. The van der Waals surface area contributed by atoms with Crippen molar-refractivity contribution in [2.24, 2.45) is 5.92 Å². The minimum Gasteiger partial charge on any atom is -0.481 e. The molecule has 5 nitrogen and oxygen atoms in total. The maximum Gasteiger partial charge on any atom is 0.303 e. The largest absolute Gasteiger partial charge is 0.481 e. The Morgan fingerprint density at radius 3 is 2.78 bits per heavy atom. The van der Waals surface area contributed by atoms with Gasteiger partial charge in [-0.05, 0) is 32.1 Å². The molecule has 5 heteroatoms. The third-order valence-electron chi connectivity index (χ3n) is 3.57. The Morgan fingerprint density at radius 2 is 2.17 bits per heavy atom. The summed E-state index contributed by atoms with van der Waals surface area (Å²) in [6, 6.07) is 0. The van der Waals surface area contributed by atoms with E-state index in [2.05, 4.69) is 0 Å². The van der Waals surface area contributed by atoms with Gasteiger partial charge in [-0.2, -0.15) is 0 Å². The number of carboxylic acids is 1. The van der Waals surface area contributed by atoms with Crippen LogP contribution in [0.3, 0.4) is 0 Å². The van der Waals surface area contributed by atoms with Gasteiger partial charge in [-0.15, -0.1) is 0 Å². The fourth-order valence-corrected chi connectivity index (χ4v) is 2.23. The topological polar surface area (TPSA) is 66.8 Å². The Hall–Kier alpha value is -1.10. The monoisotopic (exact) mass is 257 g/mol. The number of hydrogen-bond donors (Lipinski definition) is 1. The Balaban J connectivity index is 2.24. The summed E-state index contributed by atoms with van der Waals surface area (Å²) in [7, 11) is 1.65. The molecule has 0 saturated carbocycles. The number of rotatable bonds is 7. The van der Waals surface area contributed by atoms with Crippen LogP contribution in [0.1, 0.15) is 39.0 Å².